The van der Waals surface area contributed by atoms with E-state index in [0.717, 1.165) is 44.5 Å². The minimum absolute atomic E-state index is 0. The molecular formula is C9H16Cl2N6. The highest BCUT2D eigenvalue weighted by atomic mass is 35.5. The number of nitrogens with zero attached hydrogens (tertiary/aromatic N) is 6. The van der Waals surface area contributed by atoms with Crippen molar-refractivity contribution < 1.29 is 0 Å². The van der Waals surface area contributed by atoms with E-state index < -0.39 is 0 Å². The Morgan fingerprint density at radius 3 is 1.88 bits per heavy atom. The average molecular weight is 279 g/mol. The van der Waals surface area contributed by atoms with Gasteiger partial charge in [0, 0.05) is 13.1 Å². The first kappa shape index (κ1) is 14.2. The van der Waals surface area contributed by atoms with Gasteiger partial charge in [-0.1, -0.05) is 6.92 Å². The Morgan fingerprint density at radius 2 is 1.47 bits per heavy atom. The minimum Gasteiger partial charge on any atom is -0.317 e. The Balaban J connectivity index is 0.000000722. The molecule has 0 saturated carbocycles. The van der Waals surface area contributed by atoms with E-state index in [4.69, 9.17) is 0 Å². The fraction of sp³-hybridized carbons (Fsp3) is 0.778. The van der Waals surface area contributed by atoms with Crippen molar-refractivity contribution in [2.45, 2.75) is 19.5 Å². The molecule has 0 bridgehead atoms. The van der Waals surface area contributed by atoms with Crippen LogP contribution < -0.4 is 0 Å². The fourth-order valence-electron chi connectivity index (χ4n) is 2.34. The van der Waals surface area contributed by atoms with Crippen molar-refractivity contribution in [3.63, 3.8) is 0 Å². The Morgan fingerprint density at radius 1 is 1.00 bits per heavy atom. The highest BCUT2D eigenvalue weighted by molar-refractivity contribution is 5.89. The van der Waals surface area contributed by atoms with E-state index in [2.05, 4.69) is 36.9 Å². The second-order valence-electron chi connectivity index (χ2n) is 3.84. The summed E-state index contributed by atoms with van der Waals surface area (Å²) in [5.74, 6) is 1.55. The van der Waals surface area contributed by atoms with Gasteiger partial charge in [0.25, 0.3) is 0 Å². The van der Waals surface area contributed by atoms with Crippen molar-refractivity contribution in [1.29, 1.82) is 0 Å². The van der Waals surface area contributed by atoms with Gasteiger partial charge in [-0.3, -0.25) is 0 Å². The van der Waals surface area contributed by atoms with E-state index in [1.165, 1.54) is 0 Å². The van der Waals surface area contributed by atoms with Crippen molar-refractivity contribution in [2.75, 3.05) is 26.2 Å². The van der Waals surface area contributed by atoms with Gasteiger partial charge in [-0.2, -0.15) is 0 Å². The third-order valence-electron chi connectivity index (χ3n) is 3.02. The molecule has 3 aliphatic heterocycles. The van der Waals surface area contributed by atoms with Crippen molar-refractivity contribution >= 4 is 36.7 Å². The topological polar surface area (TPSA) is 55.9 Å². The highest BCUT2D eigenvalue weighted by Gasteiger charge is 2.35. The lowest BCUT2D eigenvalue weighted by atomic mass is 10.3. The Labute approximate surface area is 113 Å². The van der Waals surface area contributed by atoms with Crippen LogP contribution in [0.4, 0.5) is 0 Å². The summed E-state index contributed by atoms with van der Waals surface area (Å²) >= 11 is 0. The lowest BCUT2D eigenvalue weighted by Crippen LogP contribution is -2.48. The predicted octanol–water partition coefficient (Wildman–Crippen LogP) is 1.38. The third kappa shape index (κ3) is 2.24. The van der Waals surface area contributed by atoms with Crippen molar-refractivity contribution in [2.24, 2.45) is 20.2 Å². The molecule has 3 heterocycles. The monoisotopic (exact) mass is 278 g/mol. The first-order chi connectivity index (χ1) is 7.40. The van der Waals surface area contributed by atoms with Crippen molar-refractivity contribution in [3.05, 3.63) is 0 Å². The Hall–Kier alpha value is -0.880. The van der Waals surface area contributed by atoms with Crippen LogP contribution >= 0.6 is 24.8 Å². The molecule has 0 fully saturated rings. The van der Waals surface area contributed by atoms with Gasteiger partial charge in [0.05, 0.1) is 13.1 Å². The van der Waals surface area contributed by atoms with E-state index in [1.54, 1.807) is 0 Å². The summed E-state index contributed by atoms with van der Waals surface area (Å²) in [5, 5.41) is 8.31. The average Bonchev–Trinajstić information content (AvgIpc) is 2.85. The number of aliphatic imine (C=N–C) groups is 2. The van der Waals surface area contributed by atoms with Crippen LogP contribution in [0.5, 0.6) is 0 Å². The predicted molar refractivity (Wildman–Crippen MR) is 71.4 cm³/mol. The van der Waals surface area contributed by atoms with Crippen LogP contribution in [0.15, 0.2) is 20.2 Å². The Kier molecular flexibility index (Phi) is 4.70. The van der Waals surface area contributed by atoms with Crippen LogP contribution in [-0.2, 0) is 0 Å². The lowest BCUT2D eigenvalue weighted by Gasteiger charge is -2.33. The smallest absolute Gasteiger partial charge is 0.242 e. The number of azo groups is 1. The van der Waals surface area contributed by atoms with Crippen LogP contribution in [0.3, 0.4) is 0 Å². The molecule has 0 aliphatic carbocycles. The number of fused-ring (bicyclic) bond motifs is 2. The number of hydrogen-bond acceptors (Lipinski definition) is 6. The van der Waals surface area contributed by atoms with Crippen LogP contribution in [0.25, 0.3) is 0 Å². The SMILES string of the molecule is CCC1N2CCN=C2N=NC2=NCCN21.Cl.Cl. The molecular weight excluding hydrogens is 263 g/mol. The zero-order valence-electron chi connectivity index (χ0n) is 9.61. The quantitative estimate of drug-likeness (QED) is 0.728. The van der Waals surface area contributed by atoms with Crippen LogP contribution in [0.1, 0.15) is 13.3 Å². The highest BCUT2D eigenvalue weighted by Crippen LogP contribution is 2.21. The molecule has 0 aromatic heterocycles. The molecule has 0 atom stereocenters. The van der Waals surface area contributed by atoms with Crippen LogP contribution in [-0.4, -0.2) is 54.1 Å². The van der Waals surface area contributed by atoms with Gasteiger partial charge < -0.3 is 9.80 Å². The minimum atomic E-state index is 0. The maximum atomic E-state index is 4.34. The van der Waals surface area contributed by atoms with E-state index in [9.17, 15) is 0 Å². The molecule has 8 heteroatoms. The number of guanidine groups is 2. The molecule has 0 unspecified atom stereocenters. The molecule has 0 saturated heterocycles. The van der Waals surface area contributed by atoms with Gasteiger partial charge in [-0.05, 0) is 6.42 Å². The first-order valence-corrected chi connectivity index (χ1v) is 5.44. The lowest BCUT2D eigenvalue weighted by molar-refractivity contribution is 0.176. The van der Waals surface area contributed by atoms with Crippen LogP contribution in [0.2, 0.25) is 0 Å². The van der Waals surface area contributed by atoms with Crippen LogP contribution in [0, 0.1) is 0 Å². The third-order valence-corrected chi connectivity index (χ3v) is 3.02. The first-order valence-electron chi connectivity index (χ1n) is 5.44. The summed E-state index contributed by atoms with van der Waals surface area (Å²) in [4.78, 5) is 13.2. The molecule has 0 aromatic carbocycles. The molecule has 3 aliphatic rings. The summed E-state index contributed by atoms with van der Waals surface area (Å²) in [5.41, 5.74) is 0. The van der Waals surface area contributed by atoms with Gasteiger partial charge in [-0.15, -0.1) is 35.0 Å². The summed E-state index contributed by atoms with van der Waals surface area (Å²) in [6.07, 6.45) is 1.38. The normalized spacial score (nSPS) is 21.9. The number of rotatable bonds is 1. The maximum Gasteiger partial charge on any atom is 0.242 e. The zero-order chi connectivity index (χ0) is 10.3. The van der Waals surface area contributed by atoms with E-state index in [1.807, 2.05) is 0 Å². The number of halogens is 2. The van der Waals surface area contributed by atoms with E-state index >= 15 is 0 Å². The Bertz CT molecular complexity index is 334. The second kappa shape index (κ2) is 5.64. The van der Waals surface area contributed by atoms with Gasteiger partial charge in [0.15, 0.2) is 0 Å². The van der Waals surface area contributed by atoms with E-state index in [-0.39, 0.29) is 24.8 Å². The molecule has 3 rings (SSSR count). The van der Waals surface area contributed by atoms with Gasteiger partial charge >= 0.3 is 0 Å². The fourth-order valence-corrected chi connectivity index (χ4v) is 2.34. The molecule has 0 spiro atoms. The molecule has 17 heavy (non-hydrogen) atoms. The second-order valence-corrected chi connectivity index (χ2v) is 3.84. The van der Waals surface area contributed by atoms with Crippen molar-refractivity contribution in [1.82, 2.24) is 9.80 Å². The molecule has 0 amide bonds. The largest absolute Gasteiger partial charge is 0.317 e. The summed E-state index contributed by atoms with van der Waals surface area (Å²) < 4.78 is 0. The summed E-state index contributed by atoms with van der Waals surface area (Å²) in [6, 6.07) is 0. The molecule has 0 N–H and O–H groups in total. The maximum absolute atomic E-state index is 4.34. The molecule has 6 nitrogen and oxygen atoms in total. The summed E-state index contributed by atoms with van der Waals surface area (Å²) in [7, 11) is 0. The summed E-state index contributed by atoms with van der Waals surface area (Å²) in [6.45, 7) is 5.77. The van der Waals surface area contributed by atoms with Gasteiger partial charge in [-0.25, -0.2) is 9.98 Å². The van der Waals surface area contributed by atoms with Gasteiger partial charge in [0.1, 0.15) is 6.17 Å². The van der Waals surface area contributed by atoms with Gasteiger partial charge in [0.2, 0.25) is 11.9 Å². The molecule has 0 radical (unpaired) electrons. The van der Waals surface area contributed by atoms with E-state index in [0.29, 0.717) is 6.17 Å². The number of hydrogen-bond donors (Lipinski definition) is 0. The zero-order valence-corrected chi connectivity index (χ0v) is 11.2. The van der Waals surface area contributed by atoms with Crippen molar-refractivity contribution in [3.8, 4) is 0 Å². The molecule has 0 aromatic rings. The standard InChI is InChI=1S/C9H14N6.2ClH/c1-2-7-14-5-3-10-8(14)12-13-9-11-4-6-15(7)9;;/h7H,2-6H2,1H3;2*1H. The molecule has 96 valence electrons.